The van der Waals surface area contributed by atoms with Gasteiger partial charge in [-0.1, -0.05) is 13.0 Å². The zero-order valence-corrected chi connectivity index (χ0v) is 12.1. The fourth-order valence-corrected chi connectivity index (χ4v) is 2.42. The third kappa shape index (κ3) is 3.37. The smallest absolute Gasteiger partial charge is 0.416 e. The van der Waals surface area contributed by atoms with E-state index >= 15 is 0 Å². The van der Waals surface area contributed by atoms with Gasteiger partial charge in [-0.25, -0.2) is 4.79 Å². The lowest BCUT2D eigenvalue weighted by atomic mass is 9.99. The molecule has 7 heteroatoms. The van der Waals surface area contributed by atoms with Crippen molar-refractivity contribution in [1.29, 1.82) is 5.26 Å². The van der Waals surface area contributed by atoms with Crippen molar-refractivity contribution in [2.75, 3.05) is 4.90 Å². The molecule has 0 aromatic heterocycles. The molecule has 4 nitrogen and oxygen atoms in total. The molecule has 120 valence electrons. The Labute approximate surface area is 130 Å². The number of hydrogen-bond donors (Lipinski definition) is 1. The number of benzene rings is 1. The number of rotatable bonds is 3. The second-order valence-electron chi connectivity index (χ2n) is 4.96. The molecular weight excluding hydrogens is 309 g/mol. The molecule has 0 bridgehead atoms. The Morgan fingerprint density at radius 2 is 2.13 bits per heavy atom. The number of aliphatic carboxylic acids is 1. The van der Waals surface area contributed by atoms with Crippen LogP contribution < -0.4 is 4.90 Å². The molecule has 1 aromatic rings. The normalized spacial score (nSPS) is 18.0. The summed E-state index contributed by atoms with van der Waals surface area (Å²) in [7, 11) is 0. The van der Waals surface area contributed by atoms with E-state index in [1.807, 2.05) is 6.07 Å². The SMILES string of the molecule is CCC1C=C(C(F)(F)F)C=C(C(=O)O)N1c1cccc(C#N)c1. The van der Waals surface area contributed by atoms with Gasteiger partial charge in [-0.2, -0.15) is 18.4 Å². The van der Waals surface area contributed by atoms with Gasteiger partial charge in [0.1, 0.15) is 5.70 Å². The van der Waals surface area contributed by atoms with Crippen molar-refractivity contribution in [2.24, 2.45) is 0 Å². The Kier molecular flexibility index (Phi) is 4.45. The zero-order valence-electron chi connectivity index (χ0n) is 12.1. The number of halogens is 3. The number of hydrogen-bond acceptors (Lipinski definition) is 3. The van der Waals surface area contributed by atoms with Crippen LogP contribution in [0.3, 0.4) is 0 Å². The van der Waals surface area contributed by atoms with Crippen LogP contribution in [0.2, 0.25) is 0 Å². The molecule has 0 fully saturated rings. The van der Waals surface area contributed by atoms with Crippen molar-refractivity contribution in [2.45, 2.75) is 25.6 Å². The van der Waals surface area contributed by atoms with Crippen molar-refractivity contribution in [3.63, 3.8) is 0 Å². The summed E-state index contributed by atoms with van der Waals surface area (Å²) >= 11 is 0. The number of carboxylic acids is 1. The summed E-state index contributed by atoms with van der Waals surface area (Å²) in [6.07, 6.45) is -2.71. The minimum Gasteiger partial charge on any atom is -0.477 e. The Bertz CT molecular complexity index is 730. The lowest BCUT2D eigenvalue weighted by Crippen LogP contribution is -2.39. The molecule has 1 aromatic carbocycles. The highest BCUT2D eigenvalue weighted by molar-refractivity contribution is 5.93. The molecule has 0 radical (unpaired) electrons. The first-order valence-electron chi connectivity index (χ1n) is 6.81. The summed E-state index contributed by atoms with van der Waals surface area (Å²) in [5.41, 5.74) is -0.786. The fraction of sp³-hybridized carbons (Fsp3) is 0.250. The summed E-state index contributed by atoms with van der Waals surface area (Å²) in [5.74, 6) is -1.46. The van der Waals surface area contributed by atoms with Crippen LogP contribution in [0.1, 0.15) is 18.9 Å². The molecule has 0 amide bonds. The van der Waals surface area contributed by atoms with E-state index in [0.29, 0.717) is 17.3 Å². The van der Waals surface area contributed by atoms with Crippen molar-refractivity contribution >= 4 is 11.7 Å². The number of allylic oxidation sites excluding steroid dienone is 2. The van der Waals surface area contributed by atoms with E-state index in [-0.39, 0.29) is 6.42 Å². The third-order valence-electron chi connectivity index (χ3n) is 3.47. The third-order valence-corrected chi connectivity index (χ3v) is 3.47. The number of carboxylic acid groups (broad SMARTS) is 1. The van der Waals surface area contributed by atoms with Crippen LogP contribution in [0, 0.1) is 11.3 Å². The van der Waals surface area contributed by atoms with Crippen LogP contribution in [-0.2, 0) is 4.79 Å². The highest BCUT2D eigenvalue weighted by Gasteiger charge is 2.38. The van der Waals surface area contributed by atoms with Gasteiger partial charge in [0.05, 0.1) is 23.2 Å². The first kappa shape index (κ1) is 16.6. The number of nitrogens with zero attached hydrogens (tertiary/aromatic N) is 2. The molecule has 1 heterocycles. The molecule has 1 aliphatic rings. The molecule has 0 aliphatic carbocycles. The number of anilines is 1. The molecule has 0 spiro atoms. The molecular formula is C16H13F3N2O2. The van der Waals surface area contributed by atoms with Crippen LogP contribution >= 0.6 is 0 Å². The Hall–Kier alpha value is -2.75. The maximum atomic E-state index is 13.0. The second-order valence-corrected chi connectivity index (χ2v) is 4.96. The van der Waals surface area contributed by atoms with Crippen LogP contribution in [-0.4, -0.2) is 23.3 Å². The highest BCUT2D eigenvalue weighted by atomic mass is 19.4. The molecule has 1 atom stereocenters. The van der Waals surface area contributed by atoms with E-state index in [1.54, 1.807) is 19.1 Å². The Morgan fingerprint density at radius 1 is 1.43 bits per heavy atom. The quantitative estimate of drug-likeness (QED) is 0.923. The number of carbonyl (C=O) groups is 1. The van der Waals surface area contributed by atoms with E-state index in [2.05, 4.69) is 0 Å². The first-order chi connectivity index (χ1) is 10.8. The van der Waals surface area contributed by atoms with Crippen LogP contribution in [0.15, 0.2) is 47.7 Å². The molecule has 1 N–H and O–H groups in total. The minimum absolute atomic E-state index is 0.279. The van der Waals surface area contributed by atoms with Gasteiger partial charge in [-0.05, 0) is 36.8 Å². The van der Waals surface area contributed by atoms with E-state index < -0.39 is 29.5 Å². The molecule has 1 aliphatic heterocycles. The van der Waals surface area contributed by atoms with Gasteiger partial charge in [0.15, 0.2) is 0 Å². The highest BCUT2D eigenvalue weighted by Crippen LogP contribution is 2.36. The average molecular weight is 322 g/mol. The van der Waals surface area contributed by atoms with E-state index in [1.165, 1.54) is 17.0 Å². The predicted octanol–water partition coefficient (Wildman–Crippen LogP) is 3.61. The van der Waals surface area contributed by atoms with Gasteiger partial charge in [-0.3, -0.25) is 0 Å². The van der Waals surface area contributed by atoms with E-state index in [0.717, 1.165) is 6.08 Å². The van der Waals surface area contributed by atoms with Gasteiger partial charge in [-0.15, -0.1) is 0 Å². The van der Waals surface area contributed by atoms with E-state index in [9.17, 15) is 23.1 Å². The van der Waals surface area contributed by atoms with Gasteiger partial charge in [0.2, 0.25) is 0 Å². The zero-order chi connectivity index (χ0) is 17.2. The predicted molar refractivity (Wildman–Crippen MR) is 77.6 cm³/mol. The van der Waals surface area contributed by atoms with Crippen molar-refractivity contribution in [3.05, 3.63) is 53.3 Å². The Morgan fingerprint density at radius 3 is 2.65 bits per heavy atom. The molecule has 1 unspecified atom stereocenters. The average Bonchev–Trinajstić information content (AvgIpc) is 2.52. The maximum Gasteiger partial charge on any atom is 0.416 e. The summed E-state index contributed by atoms with van der Waals surface area (Å²) < 4.78 is 38.9. The lowest BCUT2D eigenvalue weighted by molar-refractivity contribution is -0.132. The second kappa shape index (κ2) is 6.16. The topological polar surface area (TPSA) is 64.3 Å². The maximum absolute atomic E-state index is 13.0. The summed E-state index contributed by atoms with van der Waals surface area (Å²) in [5, 5.41) is 18.3. The van der Waals surface area contributed by atoms with Gasteiger partial charge in [0, 0.05) is 5.69 Å². The van der Waals surface area contributed by atoms with Crippen LogP contribution in [0.25, 0.3) is 0 Å². The fourth-order valence-electron chi connectivity index (χ4n) is 2.42. The van der Waals surface area contributed by atoms with Gasteiger partial charge < -0.3 is 10.0 Å². The number of nitriles is 1. The molecule has 0 saturated carbocycles. The minimum atomic E-state index is -4.62. The lowest BCUT2D eigenvalue weighted by Gasteiger charge is -2.35. The van der Waals surface area contributed by atoms with Crippen molar-refractivity contribution in [1.82, 2.24) is 0 Å². The van der Waals surface area contributed by atoms with Crippen molar-refractivity contribution in [3.8, 4) is 6.07 Å². The molecule has 2 rings (SSSR count). The largest absolute Gasteiger partial charge is 0.477 e. The van der Waals surface area contributed by atoms with Gasteiger partial charge >= 0.3 is 12.1 Å². The van der Waals surface area contributed by atoms with Crippen LogP contribution in [0.4, 0.5) is 18.9 Å². The van der Waals surface area contributed by atoms with Crippen molar-refractivity contribution < 1.29 is 23.1 Å². The molecule has 0 saturated heterocycles. The first-order valence-corrected chi connectivity index (χ1v) is 6.81. The summed E-state index contributed by atoms with van der Waals surface area (Å²) in [6.45, 7) is 1.67. The van der Waals surface area contributed by atoms with Gasteiger partial charge in [0.25, 0.3) is 0 Å². The standard InChI is InChI=1S/C16H13F3N2O2/c1-2-12-7-11(16(17,18)19)8-14(15(22)23)21(12)13-5-3-4-10(6-13)9-20/h3-8,12H,2H2,1H3,(H,22,23). The summed E-state index contributed by atoms with van der Waals surface area (Å²) in [6, 6.07) is 7.27. The number of alkyl halides is 3. The molecule has 23 heavy (non-hydrogen) atoms. The van der Waals surface area contributed by atoms with E-state index in [4.69, 9.17) is 5.26 Å². The Balaban J connectivity index is 2.58. The summed E-state index contributed by atoms with van der Waals surface area (Å²) in [4.78, 5) is 12.8. The monoisotopic (exact) mass is 322 g/mol. The van der Waals surface area contributed by atoms with Crippen LogP contribution in [0.5, 0.6) is 0 Å².